The zero-order valence-electron chi connectivity index (χ0n) is 19.8. The normalized spacial score (nSPS) is 19.3. The molecule has 0 spiro atoms. The van der Waals surface area contributed by atoms with Crippen LogP contribution in [0, 0.1) is 9.49 Å². The van der Waals surface area contributed by atoms with Crippen LogP contribution in [0.25, 0.3) is 0 Å². The molecule has 0 saturated heterocycles. The van der Waals surface area contributed by atoms with Crippen molar-refractivity contribution in [3.05, 3.63) is 103 Å². The van der Waals surface area contributed by atoms with Gasteiger partial charge in [0.25, 0.3) is 5.56 Å². The van der Waals surface area contributed by atoms with Gasteiger partial charge in [-0.2, -0.15) is 0 Å². The number of hydrogen-bond donors (Lipinski definition) is 1. The molecule has 3 aromatic rings. The number of nitrogens with zero attached hydrogens (tertiary/aromatic N) is 2. The molecule has 35 heavy (non-hydrogen) atoms. The van der Waals surface area contributed by atoms with Crippen molar-refractivity contribution in [3.63, 3.8) is 0 Å². The van der Waals surface area contributed by atoms with E-state index in [1.807, 2.05) is 71.1 Å². The van der Waals surface area contributed by atoms with Gasteiger partial charge in [-0.05, 0) is 58.5 Å². The summed E-state index contributed by atoms with van der Waals surface area (Å²) < 4.78 is 18.7. The molecule has 0 unspecified atom stereocenters. The van der Waals surface area contributed by atoms with E-state index in [9.17, 15) is 9.59 Å². The van der Waals surface area contributed by atoms with Crippen molar-refractivity contribution in [3.8, 4) is 5.75 Å². The Bertz CT molecular complexity index is 1290. The van der Waals surface area contributed by atoms with Gasteiger partial charge in [0.1, 0.15) is 11.5 Å². The number of hydrogen-bond acceptors (Lipinski definition) is 6. The van der Waals surface area contributed by atoms with Crippen LogP contribution < -0.4 is 20.9 Å². The predicted molar refractivity (Wildman–Crippen MR) is 143 cm³/mol. The Morgan fingerprint density at radius 1 is 1.00 bits per heavy atom. The number of aromatic nitrogens is 2. The van der Waals surface area contributed by atoms with Gasteiger partial charge in [-0.1, -0.05) is 30.3 Å². The molecule has 0 amide bonds. The summed E-state index contributed by atoms with van der Waals surface area (Å²) in [6.45, 7) is 0.992. The Morgan fingerprint density at radius 3 is 2.34 bits per heavy atom. The van der Waals surface area contributed by atoms with E-state index < -0.39 is 17.3 Å². The fourth-order valence-electron chi connectivity index (χ4n) is 4.63. The van der Waals surface area contributed by atoms with E-state index in [1.165, 1.54) is 0 Å². The van der Waals surface area contributed by atoms with Crippen LogP contribution >= 0.6 is 22.6 Å². The van der Waals surface area contributed by atoms with Crippen molar-refractivity contribution in [2.45, 2.75) is 18.6 Å². The molecular formula is C26H28IN3O5. The van der Waals surface area contributed by atoms with E-state index in [4.69, 9.17) is 14.2 Å². The van der Waals surface area contributed by atoms with E-state index in [2.05, 4.69) is 22.0 Å². The van der Waals surface area contributed by atoms with E-state index in [-0.39, 0.29) is 12.0 Å². The molecule has 9 heteroatoms. The van der Waals surface area contributed by atoms with Crippen LogP contribution in [0.1, 0.15) is 11.6 Å². The lowest BCUT2D eigenvalue weighted by Crippen LogP contribution is -2.47. The largest absolute Gasteiger partial charge is 0.501 e. The zero-order chi connectivity index (χ0) is 24.9. The third-order valence-corrected chi connectivity index (χ3v) is 7.02. The summed E-state index contributed by atoms with van der Waals surface area (Å²) in [5.41, 5.74) is 1.21. The topological polar surface area (TPSA) is 85.8 Å². The first-order valence-electron chi connectivity index (χ1n) is 11.2. The Balaban J connectivity index is 1.88. The number of methoxy groups -OCH3 is 3. The van der Waals surface area contributed by atoms with Gasteiger partial charge in [0.15, 0.2) is 0 Å². The molecule has 0 aliphatic heterocycles. The molecule has 0 fully saturated rings. The first-order chi connectivity index (χ1) is 17.0. The monoisotopic (exact) mass is 589 g/mol. The SMILES string of the molecule is COC[C@H]1C(OC)=C[C@@H](n2cc(I)c(=O)[nH]c2=O)[C@@H]1N(Cc1ccccc1)c1ccc(OC)cc1. The minimum atomic E-state index is -0.468. The van der Waals surface area contributed by atoms with Crippen LogP contribution in [-0.4, -0.2) is 43.5 Å². The van der Waals surface area contributed by atoms with Crippen molar-refractivity contribution < 1.29 is 14.2 Å². The van der Waals surface area contributed by atoms with E-state index in [1.54, 1.807) is 32.1 Å². The van der Waals surface area contributed by atoms with Gasteiger partial charge in [0.2, 0.25) is 0 Å². The number of halogens is 1. The molecule has 4 rings (SSSR count). The molecule has 1 heterocycles. The van der Waals surface area contributed by atoms with Gasteiger partial charge >= 0.3 is 5.69 Å². The highest BCUT2D eigenvalue weighted by molar-refractivity contribution is 14.1. The summed E-state index contributed by atoms with van der Waals surface area (Å²) in [5.74, 6) is 1.34. The van der Waals surface area contributed by atoms with Gasteiger partial charge in [-0.25, -0.2) is 4.79 Å². The lowest BCUT2D eigenvalue weighted by Gasteiger charge is -2.39. The van der Waals surface area contributed by atoms with Crippen molar-refractivity contribution >= 4 is 28.3 Å². The molecule has 2 aromatic carbocycles. The Labute approximate surface area is 217 Å². The molecule has 1 aliphatic carbocycles. The second-order valence-corrected chi connectivity index (χ2v) is 9.43. The summed E-state index contributed by atoms with van der Waals surface area (Å²) in [7, 11) is 4.92. The van der Waals surface area contributed by atoms with Gasteiger partial charge < -0.3 is 19.1 Å². The average molecular weight is 589 g/mol. The summed E-state index contributed by atoms with van der Waals surface area (Å²) in [4.78, 5) is 29.7. The predicted octanol–water partition coefficient (Wildman–Crippen LogP) is 3.57. The minimum Gasteiger partial charge on any atom is -0.501 e. The zero-order valence-corrected chi connectivity index (χ0v) is 22.0. The highest BCUT2D eigenvalue weighted by atomic mass is 127. The van der Waals surface area contributed by atoms with E-state index >= 15 is 0 Å². The quantitative estimate of drug-likeness (QED) is 0.385. The van der Waals surface area contributed by atoms with Gasteiger partial charge in [-0.3, -0.25) is 14.3 Å². The van der Waals surface area contributed by atoms with E-state index in [0.29, 0.717) is 16.7 Å². The minimum absolute atomic E-state index is 0.155. The molecule has 184 valence electrons. The second kappa shape index (κ2) is 11.1. The molecule has 0 bridgehead atoms. The first kappa shape index (κ1) is 25.1. The maximum atomic E-state index is 13.0. The van der Waals surface area contributed by atoms with Crippen molar-refractivity contribution in [1.29, 1.82) is 0 Å². The van der Waals surface area contributed by atoms with Crippen LogP contribution in [0.3, 0.4) is 0 Å². The molecule has 0 radical (unpaired) electrons. The van der Waals surface area contributed by atoms with Crippen molar-refractivity contribution in [1.82, 2.24) is 9.55 Å². The third-order valence-electron chi connectivity index (χ3n) is 6.25. The van der Waals surface area contributed by atoms with Crippen molar-refractivity contribution in [2.24, 2.45) is 5.92 Å². The molecule has 0 saturated carbocycles. The van der Waals surface area contributed by atoms with Gasteiger partial charge in [-0.15, -0.1) is 0 Å². The molecule has 1 N–H and O–H groups in total. The highest BCUT2D eigenvalue weighted by Crippen LogP contribution is 2.40. The fourth-order valence-corrected chi connectivity index (χ4v) is 5.06. The molecule has 3 atom stereocenters. The smallest absolute Gasteiger partial charge is 0.329 e. The summed E-state index contributed by atoms with van der Waals surface area (Å²) >= 11 is 1.94. The number of H-pyrrole nitrogens is 1. The Hall–Kier alpha value is -3.05. The van der Waals surface area contributed by atoms with Gasteiger partial charge in [0, 0.05) is 25.5 Å². The molecule has 8 nitrogen and oxygen atoms in total. The number of benzene rings is 2. The van der Waals surface area contributed by atoms with E-state index in [0.717, 1.165) is 22.8 Å². The van der Waals surface area contributed by atoms with Crippen LogP contribution in [0.2, 0.25) is 0 Å². The van der Waals surface area contributed by atoms with Gasteiger partial charge in [0.05, 0.1) is 42.4 Å². The Kier molecular flexibility index (Phi) is 7.97. The maximum absolute atomic E-state index is 13.0. The number of nitrogens with one attached hydrogen (secondary N) is 1. The maximum Gasteiger partial charge on any atom is 0.329 e. The number of rotatable bonds is 9. The lowest BCUT2D eigenvalue weighted by atomic mass is 9.96. The van der Waals surface area contributed by atoms with Crippen molar-refractivity contribution in [2.75, 3.05) is 32.8 Å². The first-order valence-corrected chi connectivity index (χ1v) is 12.2. The second-order valence-electron chi connectivity index (χ2n) is 8.27. The summed E-state index contributed by atoms with van der Waals surface area (Å²) in [5, 5.41) is 0. The van der Waals surface area contributed by atoms with Crippen LogP contribution in [0.15, 0.2) is 82.2 Å². The highest BCUT2D eigenvalue weighted by Gasteiger charge is 2.43. The number of ether oxygens (including phenoxy) is 3. The standard InChI is InChI=1S/C26H28IN3O5/c1-33-16-20-23(35-3)13-22(30-15-21(27)25(31)28-26(30)32)24(20)29(14-17-7-5-4-6-8-17)18-9-11-19(34-2)12-10-18/h4-13,15,20,22,24H,14,16H2,1-3H3,(H,28,31,32)/t20-,22+,24+/m0/s1. The van der Waals surface area contributed by atoms with Crippen LogP contribution in [-0.2, 0) is 16.0 Å². The third kappa shape index (κ3) is 5.30. The van der Waals surface area contributed by atoms with Crippen LogP contribution in [0.5, 0.6) is 5.75 Å². The summed E-state index contributed by atoms with van der Waals surface area (Å²) in [6, 6.07) is 17.4. The number of anilines is 1. The molecular weight excluding hydrogens is 561 g/mol. The van der Waals surface area contributed by atoms with Crippen LogP contribution in [0.4, 0.5) is 5.69 Å². The summed E-state index contributed by atoms with van der Waals surface area (Å²) in [6.07, 6.45) is 3.55. The number of aromatic amines is 1. The fraction of sp³-hybridized carbons (Fsp3) is 0.308. The molecule has 1 aliphatic rings. The average Bonchev–Trinajstić information content (AvgIpc) is 3.23. The lowest BCUT2D eigenvalue weighted by molar-refractivity contribution is 0.119. The molecule has 1 aromatic heterocycles. The Morgan fingerprint density at radius 2 is 1.71 bits per heavy atom.